The van der Waals surface area contributed by atoms with Crippen LogP contribution in [-0.4, -0.2) is 5.75 Å². The summed E-state index contributed by atoms with van der Waals surface area (Å²) in [6.45, 7) is 7.74. The van der Waals surface area contributed by atoms with Crippen molar-refractivity contribution in [3.63, 3.8) is 0 Å². The summed E-state index contributed by atoms with van der Waals surface area (Å²) in [6, 6.07) is 8.04. The zero-order chi connectivity index (χ0) is 20.7. The van der Waals surface area contributed by atoms with Crippen LogP contribution in [0.4, 0.5) is 4.39 Å². The lowest BCUT2D eigenvalue weighted by atomic mass is 9.80. The molecule has 0 aliphatic heterocycles. The monoisotopic (exact) mass is 403 g/mol. The van der Waals surface area contributed by atoms with E-state index in [1.807, 2.05) is 12.1 Å². The topological polar surface area (TPSA) is 26.0 Å². The summed E-state index contributed by atoms with van der Waals surface area (Å²) in [5, 5.41) is 5.91. The fourth-order valence-electron chi connectivity index (χ4n) is 4.19. The molecule has 28 heavy (non-hydrogen) atoms. The van der Waals surface area contributed by atoms with E-state index in [0.29, 0.717) is 17.8 Å². The van der Waals surface area contributed by atoms with Gasteiger partial charge in [0.2, 0.25) is 0 Å². The molecule has 1 aliphatic rings. The van der Waals surface area contributed by atoms with Crippen molar-refractivity contribution in [2.24, 2.45) is 22.9 Å². The van der Waals surface area contributed by atoms with E-state index in [1.54, 1.807) is 19.4 Å². The fourth-order valence-corrected chi connectivity index (χ4v) is 5.08. The van der Waals surface area contributed by atoms with Gasteiger partial charge >= 0.3 is 0 Å². The van der Waals surface area contributed by atoms with Crippen LogP contribution >= 0.6 is 10.5 Å². The number of rotatable bonds is 7. The molecule has 3 heteroatoms. The van der Waals surface area contributed by atoms with E-state index >= 15 is 0 Å². The Hall–Kier alpha value is -1.28. The Balaban J connectivity index is 2.09. The first-order chi connectivity index (χ1) is 13.2. The maximum Gasteiger partial charge on any atom is 0.130 e. The second kappa shape index (κ2) is 10.5. The van der Waals surface area contributed by atoms with Gasteiger partial charge in [0.05, 0.1) is 0 Å². The standard InChI is InChI=1S/C25H38FNS/c1-6-8-22-14-11-20(9-7-10-24(22)19(2)18-28(5)27)17-21-12-15-23(16-13-21)25(3,4)26/h5,7,10,12-16,19-20,24,28H,6,8-9,11,17-18,27H2,1-4H3/b10-7-,22-14-. The summed E-state index contributed by atoms with van der Waals surface area (Å²) in [7, 11) is -0.850. The van der Waals surface area contributed by atoms with E-state index in [-0.39, 0.29) is 0 Å². The van der Waals surface area contributed by atoms with Crippen molar-refractivity contribution in [1.29, 1.82) is 0 Å². The largest absolute Gasteiger partial charge is 0.288 e. The molecule has 0 saturated heterocycles. The smallest absolute Gasteiger partial charge is 0.130 e. The summed E-state index contributed by atoms with van der Waals surface area (Å²) in [4.78, 5) is 0. The predicted molar refractivity (Wildman–Crippen MR) is 125 cm³/mol. The van der Waals surface area contributed by atoms with Gasteiger partial charge in [0.15, 0.2) is 0 Å². The molecule has 0 fully saturated rings. The van der Waals surface area contributed by atoms with Crippen molar-refractivity contribution >= 4 is 10.5 Å². The molecule has 2 rings (SSSR count). The Morgan fingerprint density at radius 1 is 1.25 bits per heavy atom. The number of hydrogen-bond donors (Lipinski definition) is 2. The molecule has 4 unspecified atom stereocenters. The minimum atomic E-state index is -1.28. The third-order valence-corrected chi connectivity index (χ3v) is 6.77. The van der Waals surface area contributed by atoms with Crippen molar-refractivity contribution in [1.82, 2.24) is 0 Å². The highest BCUT2D eigenvalue weighted by molar-refractivity contribution is 8.04. The molecular formula is C25H38FNS. The molecule has 0 aromatic heterocycles. The number of nitrogens with two attached hydrogens (primary N) is 1. The number of halogens is 1. The second-order valence-corrected chi connectivity index (χ2v) is 10.3. The zero-order valence-electron chi connectivity index (χ0n) is 18.0. The van der Waals surface area contributed by atoms with Gasteiger partial charge in [-0.15, -0.1) is 5.69 Å². The molecule has 0 heterocycles. The van der Waals surface area contributed by atoms with Crippen molar-refractivity contribution in [3.8, 4) is 5.69 Å². The SMILES string of the molecule is C#[SH](N)CC(C)C1/C=C\CC(Cc2ccc(C(C)(C)F)cc2)C/C=C\1CCC. The van der Waals surface area contributed by atoms with Crippen LogP contribution < -0.4 is 5.14 Å². The molecule has 4 atom stereocenters. The molecule has 0 radical (unpaired) electrons. The quantitative estimate of drug-likeness (QED) is 0.378. The lowest BCUT2D eigenvalue weighted by Crippen LogP contribution is -2.18. The highest BCUT2D eigenvalue weighted by Crippen LogP contribution is 2.33. The van der Waals surface area contributed by atoms with Crippen molar-refractivity contribution in [3.05, 3.63) is 59.2 Å². The number of hydrogen-bond acceptors (Lipinski definition) is 1. The first kappa shape index (κ1) is 23.0. The number of alkyl halides is 1. The minimum Gasteiger partial charge on any atom is -0.288 e. The fraction of sp³-hybridized carbons (Fsp3) is 0.560. The Bertz CT molecular complexity index is 745. The number of thiol groups is 1. The highest BCUT2D eigenvalue weighted by Gasteiger charge is 2.21. The van der Waals surface area contributed by atoms with Crippen LogP contribution in [0.2, 0.25) is 0 Å². The summed E-state index contributed by atoms with van der Waals surface area (Å²) in [5.74, 6) is 2.45. The van der Waals surface area contributed by atoms with E-state index in [4.69, 9.17) is 10.8 Å². The van der Waals surface area contributed by atoms with Gasteiger partial charge in [0.25, 0.3) is 0 Å². The molecule has 1 nitrogen and oxygen atoms in total. The van der Waals surface area contributed by atoms with Crippen LogP contribution in [0.15, 0.2) is 48.1 Å². The first-order valence-electron chi connectivity index (χ1n) is 10.6. The lowest BCUT2D eigenvalue weighted by Gasteiger charge is -2.27. The summed E-state index contributed by atoms with van der Waals surface area (Å²) >= 11 is 0. The molecule has 2 N–H and O–H groups in total. The van der Waals surface area contributed by atoms with Crippen molar-refractivity contribution in [2.75, 3.05) is 5.75 Å². The predicted octanol–water partition coefficient (Wildman–Crippen LogP) is 6.84. The molecule has 0 spiro atoms. The van der Waals surface area contributed by atoms with Gasteiger partial charge in [-0.05, 0) is 68.2 Å². The normalized spacial score (nSPS) is 25.8. The van der Waals surface area contributed by atoms with E-state index in [2.05, 4.69) is 44.2 Å². The third-order valence-electron chi connectivity index (χ3n) is 5.77. The van der Waals surface area contributed by atoms with Crippen LogP contribution in [0, 0.1) is 23.4 Å². The Kier molecular flexibility index (Phi) is 8.61. The van der Waals surface area contributed by atoms with Crippen LogP contribution in [0.1, 0.15) is 64.5 Å². The minimum absolute atomic E-state index is 0.462. The molecule has 1 aliphatic carbocycles. The Morgan fingerprint density at radius 2 is 1.93 bits per heavy atom. The molecule has 0 amide bonds. The van der Waals surface area contributed by atoms with E-state index < -0.39 is 16.2 Å². The van der Waals surface area contributed by atoms with Gasteiger partial charge in [-0.2, -0.15) is 10.5 Å². The van der Waals surface area contributed by atoms with E-state index in [9.17, 15) is 4.39 Å². The average Bonchev–Trinajstić information content (AvgIpc) is 2.59. The molecule has 1 aromatic rings. The van der Waals surface area contributed by atoms with Crippen molar-refractivity contribution < 1.29 is 4.39 Å². The molecule has 0 saturated carbocycles. The average molecular weight is 404 g/mol. The van der Waals surface area contributed by atoms with Crippen LogP contribution in [0.5, 0.6) is 0 Å². The maximum atomic E-state index is 14.1. The van der Waals surface area contributed by atoms with Crippen LogP contribution in [0.25, 0.3) is 0 Å². The number of allylic oxidation sites excluding steroid dienone is 4. The molecular weight excluding hydrogens is 365 g/mol. The molecule has 156 valence electrons. The van der Waals surface area contributed by atoms with Crippen molar-refractivity contribution in [2.45, 2.75) is 65.5 Å². The van der Waals surface area contributed by atoms with Gasteiger partial charge in [-0.25, -0.2) is 4.39 Å². The van der Waals surface area contributed by atoms with Gasteiger partial charge in [-0.3, -0.25) is 5.14 Å². The number of benzene rings is 1. The Labute approximate surface area is 174 Å². The van der Waals surface area contributed by atoms with Gasteiger partial charge in [-0.1, -0.05) is 68.3 Å². The van der Waals surface area contributed by atoms with Gasteiger partial charge in [0, 0.05) is 5.92 Å². The Morgan fingerprint density at radius 3 is 2.50 bits per heavy atom. The molecule has 1 aromatic carbocycles. The van der Waals surface area contributed by atoms with Gasteiger partial charge < -0.3 is 0 Å². The molecule has 0 bridgehead atoms. The highest BCUT2D eigenvalue weighted by atomic mass is 32.2. The summed E-state index contributed by atoms with van der Waals surface area (Å²) < 4.78 is 14.1. The van der Waals surface area contributed by atoms with Crippen LogP contribution in [-0.2, 0) is 12.1 Å². The van der Waals surface area contributed by atoms with Gasteiger partial charge in [0.1, 0.15) is 5.67 Å². The van der Waals surface area contributed by atoms with E-state index in [1.165, 1.54) is 5.56 Å². The van der Waals surface area contributed by atoms with Crippen LogP contribution in [0.3, 0.4) is 0 Å². The lowest BCUT2D eigenvalue weighted by molar-refractivity contribution is 0.221. The van der Waals surface area contributed by atoms with E-state index in [0.717, 1.165) is 43.4 Å². The summed E-state index contributed by atoms with van der Waals surface area (Å²) in [6.07, 6.45) is 12.7. The maximum absolute atomic E-state index is 14.1. The second-order valence-electron chi connectivity index (χ2n) is 8.87. The first-order valence-corrected chi connectivity index (χ1v) is 12.3. The third kappa shape index (κ3) is 6.95. The summed E-state index contributed by atoms with van der Waals surface area (Å²) in [5.41, 5.74) is 8.21. The zero-order valence-corrected chi connectivity index (χ0v) is 18.9.